The van der Waals surface area contributed by atoms with E-state index in [1.54, 1.807) is 13.0 Å². The molecular formula is C13H35O5Si4+3. The third-order valence-corrected chi connectivity index (χ3v) is 13.7. The fraction of sp³-hybridized carbons (Fsp3) is 0.769. The molecule has 22 heavy (non-hydrogen) atoms. The van der Waals surface area contributed by atoms with Gasteiger partial charge in [-0.05, 0) is 59.0 Å². The van der Waals surface area contributed by atoms with Gasteiger partial charge in [-0.15, -0.1) is 0 Å². The smallest absolute Gasteiger partial charge is 0.478 e. The first-order valence-electron chi connectivity index (χ1n) is 8.01. The zero-order chi connectivity index (χ0) is 17.3. The van der Waals surface area contributed by atoms with Crippen LogP contribution >= 0.6 is 0 Å². The molecule has 0 saturated carbocycles. The van der Waals surface area contributed by atoms with Crippen LogP contribution in [0.2, 0.25) is 45.3 Å². The maximum Gasteiger partial charge on any atom is 1.00 e. The number of allylic oxidation sites excluding steroid dienone is 1. The summed E-state index contributed by atoms with van der Waals surface area (Å²) >= 11 is 0. The highest BCUT2D eigenvalue weighted by atomic mass is 28.5. The van der Waals surface area contributed by atoms with Crippen molar-refractivity contribution in [1.29, 1.82) is 0 Å². The lowest BCUT2D eigenvalue weighted by atomic mass is 10.2. The molecule has 0 spiro atoms. The first kappa shape index (κ1) is 22.0. The summed E-state index contributed by atoms with van der Waals surface area (Å²) in [5, 5.41) is 8.88. The molecule has 0 aromatic rings. The lowest BCUT2D eigenvalue weighted by molar-refractivity contribution is -0.132. The Bertz CT molecular complexity index is 358. The van der Waals surface area contributed by atoms with Crippen molar-refractivity contribution in [1.82, 2.24) is 0 Å². The van der Waals surface area contributed by atoms with Crippen molar-refractivity contribution in [3.63, 3.8) is 0 Å². The third-order valence-electron chi connectivity index (χ3n) is 2.72. The minimum absolute atomic E-state index is 0. The van der Waals surface area contributed by atoms with Crippen LogP contribution in [-0.4, -0.2) is 47.0 Å². The fourth-order valence-electron chi connectivity index (χ4n) is 2.06. The number of hydrogen-bond acceptors (Lipinski definition) is 4. The summed E-state index contributed by atoms with van der Waals surface area (Å²) < 4.78 is 18.8. The van der Waals surface area contributed by atoms with Gasteiger partial charge in [-0.2, -0.15) is 0 Å². The highest BCUT2D eigenvalue weighted by Crippen LogP contribution is 2.23. The van der Waals surface area contributed by atoms with Gasteiger partial charge in [0.05, 0.1) is 0 Å². The van der Waals surface area contributed by atoms with E-state index in [-0.39, 0.29) is 4.28 Å². The summed E-state index contributed by atoms with van der Waals surface area (Å²) in [4.78, 5) is 10.8. The number of carboxylic acids is 1. The summed E-state index contributed by atoms with van der Waals surface area (Å²) in [5.74, 6) is -0.856. The number of aliphatic carboxylic acids is 1. The molecule has 0 aliphatic carbocycles. The molecule has 0 atom stereocenters. The fourth-order valence-corrected chi connectivity index (χ4v) is 14.9. The molecule has 0 unspecified atom stereocenters. The van der Waals surface area contributed by atoms with Crippen molar-refractivity contribution < 1.29 is 26.5 Å². The summed E-state index contributed by atoms with van der Waals surface area (Å²) in [7, 11) is -6.34. The zero-order valence-electron chi connectivity index (χ0n) is 18.0. The second kappa shape index (κ2) is 10.7. The molecule has 0 amide bonds. The predicted octanol–water partition coefficient (Wildman–Crippen LogP) is 3.07. The first-order chi connectivity index (χ1) is 10.1. The molecule has 0 aliphatic rings. The number of rotatable bonds is 11. The molecule has 0 rings (SSSR count). The van der Waals surface area contributed by atoms with E-state index in [2.05, 4.69) is 39.3 Å². The first-order valence-corrected chi connectivity index (χ1v) is 18.3. The van der Waals surface area contributed by atoms with Crippen molar-refractivity contribution in [2.24, 2.45) is 0 Å². The summed E-state index contributed by atoms with van der Waals surface area (Å²) in [6.07, 6.45) is 3.34. The van der Waals surface area contributed by atoms with Crippen LogP contribution in [0.15, 0.2) is 11.6 Å². The normalized spacial score (nSPS) is 13.5. The Labute approximate surface area is 145 Å². The van der Waals surface area contributed by atoms with Gasteiger partial charge in [-0.25, -0.2) is 4.79 Å². The Balaban J connectivity index is -0.000000735. The van der Waals surface area contributed by atoms with Gasteiger partial charge in [0, 0.05) is 11.6 Å². The number of hydrogen-bond donors (Lipinski definition) is 1. The second-order valence-electron chi connectivity index (χ2n) is 6.27. The van der Waals surface area contributed by atoms with Crippen molar-refractivity contribution >= 4 is 41.9 Å². The molecule has 1 N–H and O–H groups in total. The second-order valence-corrected chi connectivity index (χ2v) is 17.3. The maximum absolute atomic E-state index is 10.8. The van der Waals surface area contributed by atoms with Crippen molar-refractivity contribution in [2.45, 2.75) is 65.1 Å². The van der Waals surface area contributed by atoms with E-state index in [0.29, 0.717) is 5.57 Å². The van der Waals surface area contributed by atoms with Crippen LogP contribution in [0.4, 0.5) is 0 Å². The van der Waals surface area contributed by atoms with Crippen molar-refractivity contribution in [3.8, 4) is 0 Å². The summed E-state index contributed by atoms with van der Waals surface area (Å²) in [6, 6.07) is 0.790. The van der Waals surface area contributed by atoms with E-state index in [9.17, 15) is 4.79 Å². The van der Waals surface area contributed by atoms with Crippen molar-refractivity contribution in [3.05, 3.63) is 11.6 Å². The van der Waals surface area contributed by atoms with E-state index in [1.165, 1.54) is 0 Å². The quantitative estimate of drug-likeness (QED) is 0.337. The van der Waals surface area contributed by atoms with Gasteiger partial charge in [0.15, 0.2) is 27.1 Å². The van der Waals surface area contributed by atoms with Crippen molar-refractivity contribution in [2.75, 3.05) is 0 Å². The molecule has 0 aliphatic heterocycles. The highest BCUT2D eigenvalue weighted by molar-refractivity contribution is 6.79. The minimum Gasteiger partial charge on any atom is -0.478 e. The van der Waals surface area contributed by atoms with Crippen LogP contribution in [-0.2, 0) is 17.1 Å². The van der Waals surface area contributed by atoms with E-state index in [4.69, 9.17) is 17.5 Å². The Morgan fingerprint density at radius 1 is 1.05 bits per heavy atom. The predicted molar refractivity (Wildman–Crippen MR) is 104 cm³/mol. The lowest BCUT2D eigenvalue weighted by Crippen LogP contribution is -2.53. The van der Waals surface area contributed by atoms with Crippen LogP contribution in [0.1, 0.15) is 24.0 Å². The number of unbranched alkanes of at least 4 members (excludes halogenated alkanes) is 1. The molecule has 0 heterocycles. The summed E-state index contributed by atoms with van der Waals surface area (Å²) in [6.45, 7) is 14.5. The van der Waals surface area contributed by atoms with Crippen LogP contribution in [0, 0.1) is 0 Å². The van der Waals surface area contributed by atoms with Crippen LogP contribution in [0.25, 0.3) is 0 Å². The van der Waals surface area contributed by atoms with Gasteiger partial charge in [0.1, 0.15) is 0 Å². The Kier molecular flexibility index (Phi) is 10.7. The molecule has 0 saturated heterocycles. The average Bonchev–Trinajstić information content (AvgIpc) is 2.31. The van der Waals surface area contributed by atoms with E-state index >= 15 is 0 Å². The molecular weight excluding hydrogens is 348 g/mol. The van der Waals surface area contributed by atoms with E-state index in [1.807, 2.05) is 0 Å². The maximum atomic E-state index is 10.8. The molecule has 5 nitrogen and oxygen atoms in total. The number of carbonyl (C=O) groups is 1. The standard InChI is InChI=1S/C13H32O5Si4/c1-12(13(14)15)10-8-9-11-22(16-19(2)3,17-20(4)5)18-21(6)7/h10,19-21H,8-9,11H2,1-7H3,(H,14,15)/p+3. The van der Waals surface area contributed by atoms with Gasteiger partial charge in [-0.3, -0.25) is 0 Å². The Morgan fingerprint density at radius 2 is 1.45 bits per heavy atom. The zero-order valence-corrected chi connectivity index (χ0v) is 19.5. The lowest BCUT2D eigenvalue weighted by Gasteiger charge is -2.35. The SMILES string of the molecule is CC(=CCCC[Si](O[SiH](C)C)(O[SiH](C)C)O[SiH](C)C)C(=O)O.[H+].[H+].[H+]. The topological polar surface area (TPSA) is 65.0 Å². The van der Waals surface area contributed by atoms with E-state index in [0.717, 1.165) is 18.9 Å². The average molecular weight is 384 g/mol. The van der Waals surface area contributed by atoms with Gasteiger partial charge < -0.3 is 17.5 Å². The van der Waals surface area contributed by atoms with Gasteiger partial charge in [0.2, 0.25) is 0 Å². The minimum atomic E-state index is -2.58. The van der Waals surface area contributed by atoms with Gasteiger partial charge >= 0.3 is 19.1 Å². The van der Waals surface area contributed by atoms with Gasteiger partial charge in [0.25, 0.3) is 0 Å². The molecule has 0 fully saturated rings. The van der Waals surface area contributed by atoms with Crippen LogP contribution in [0.3, 0.4) is 0 Å². The van der Waals surface area contributed by atoms with Crippen LogP contribution < -0.4 is 0 Å². The number of carboxylic acid groups (broad SMARTS) is 1. The molecule has 0 bridgehead atoms. The van der Waals surface area contributed by atoms with Gasteiger partial charge in [-0.1, -0.05) is 6.08 Å². The van der Waals surface area contributed by atoms with Crippen LogP contribution in [0.5, 0.6) is 0 Å². The molecule has 0 aromatic carbocycles. The summed E-state index contributed by atoms with van der Waals surface area (Å²) in [5.41, 5.74) is 0.393. The third kappa shape index (κ3) is 9.87. The molecule has 130 valence electrons. The van der Waals surface area contributed by atoms with E-state index < -0.39 is 41.9 Å². The monoisotopic (exact) mass is 383 g/mol. The Morgan fingerprint density at radius 3 is 1.77 bits per heavy atom. The molecule has 0 aromatic heterocycles. The molecule has 0 radical (unpaired) electrons. The highest BCUT2D eigenvalue weighted by Gasteiger charge is 2.42. The largest absolute Gasteiger partial charge is 1.00 e. The molecule has 9 heteroatoms. The Hall–Kier alpha value is -0.0425.